The molecule has 0 bridgehead atoms. The predicted molar refractivity (Wildman–Crippen MR) is 57.2 cm³/mol. The molecular weight excluding hydrogens is 178 g/mol. The van der Waals surface area contributed by atoms with Crippen LogP contribution in [0.2, 0.25) is 0 Å². The van der Waals surface area contributed by atoms with Crippen molar-refractivity contribution in [3.63, 3.8) is 0 Å². The van der Waals surface area contributed by atoms with Crippen LogP contribution < -0.4 is 0 Å². The molecule has 0 spiro atoms. The number of aliphatic hydroxyl groups excluding tert-OH is 2. The van der Waals surface area contributed by atoms with Crippen molar-refractivity contribution in [1.29, 1.82) is 0 Å². The first kappa shape index (κ1) is 12.0. The van der Waals surface area contributed by atoms with Crippen molar-refractivity contribution in [2.75, 3.05) is 19.6 Å². The van der Waals surface area contributed by atoms with Crippen LogP contribution in [0.5, 0.6) is 0 Å². The van der Waals surface area contributed by atoms with E-state index in [0.717, 1.165) is 19.6 Å². The molecule has 3 nitrogen and oxygen atoms in total. The van der Waals surface area contributed by atoms with E-state index in [0.29, 0.717) is 6.42 Å². The van der Waals surface area contributed by atoms with Crippen LogP contribution >= 0.6 is 0 Å². The first-order valence-corrected chi connectivity index (χ1v) is 5.81. The molecule has 1 saturated heterocycles. The molecule has 0 aliphatic carbocycles. The zero-order chi connectivity index (χ0) is 10.4. The summed E-state index contributed by atoms with van der Waals surface area (Å²) in [5.41, 5.74) is 0. The molecule has 14 heavy (non-hydrogen) atoms. The molecule has 0 amide bonds. The van der Waals surface area contributed by atoms with Gasteiger partial charge in [0.1, 0.15) is 0 Å². The fourth-order valence-electron chi connectivity index (χ4n) is 2.08. The number of β-amino-alcohol motifs (C(OH)–C–C–N with tert-alkyl or cyclic N) is 2. The molecular formula is C11H23NO2. The molecule has 3 heteroatoms. The molecule has 1 aliphatic rings. The lowest BCUT2D eigenvalue weighted by atomic mass is 10.1. The zero-order valence-corrected chi connectivity index (χ0v) is 9.15. The van der Waals surface area contributed by atoms with Crippen molar-refractivity contribution >= 4 is 0 Å². The highest BCUT2D eigenvalue weighted by molar-refractivity contribution is 4.77. The summed E-state index contributed by atoms with van der Waals surface area (Å²) in [6.07, 6.45) is 4.89. The molecule has 2 N–H and O–H groups in total. The number of hydrogen-bond donors (Lipinski definition) is 2. The summed E-state index contributed by atoms with van der Waals surface area (Å²) in [5, 5.41) is 18.9. The minimum absolute atomic E-state index is 0.329. The lowest BCUT2D eigenvalue weighted by Gasteiger charge is -2.33. The first-order valence-electron chi connectivity index (χ1n) is 5.81. The van der Waals surface area contributed by atoms with Gasteiger partial charge >= 0.3 is 0 Å². The minimum atomic E-state index is -0.329. The van der Waals surface area contributed by atoms with Crippen LogP contribution in [0, 0.1) is 0 Å². The number of rotatable bonds is 5. The third kappa shape index (κ3) is 4.40. The van der Waals surface area contributed by atoms with Gasteiger partial charge in [-0.05, 0) is 13.0 Å². The Morgan fingerprint density at radius 2 is 1.71 bits per heavy atom. The number of likely N-dealkylation sites (tertiary alicyclic amines) is 1. The fraction of sp³-hybridized carbons (Fsp3) is 1.00. The Labute approximate surface area is 86.7 Å². The van der Waals surface area contributed by atoms with Crippen molar-refractivity contribution in [2.45, 2.75) is 51.2 Å². The Bertz CT molecular complexity index is 142. The first-order chi connectivity index (χ1) is 6.72. The summed E-state index contributed by atoms with van der Waals surface area (Å²) in [7, 11) is 0. The molecule has 0 saturated carbocycles. The highest BCUT2D eigenvalue weighted by atomic mass is 16.3. The van der Waals surface area contributed by atoms with Gasteiger partial charge in [0, 0.05) is 19.5 Å². The maximum Gasteiger partial charge on any atom is 0.0692 e. The molecule has 0 radical (unpaired) electrons. The van der Waals surface area contributed by atoms with E-state index < -0.39 is 0 Å². The van der Waals surface area contributed by atoms with E-state index in [1.54, 1.807) is 0 Å². The normalized spacial score (nSPS) is 29.4. The molecule has 1 aliphatic heterocycles. The highest BCUT2D eigenvalue weighted by Gasteiger charge is 2.23. The number of nitrogens with zero attached hydrogens (tertiary/aromatic N) is 1. The second-order valence-electron chi connectivity index (χ2n) is 4.36. The molecule has 84 valence electrons. The zero-order valence-electron chi connectivity index (χ0n) is 9.15. The molecule has 1 heterocycles. The SMILES string of the molecule is CCCCCCN1C[C@@H](O)C[C@H](O)C1. The van der Waals surface area contributed by atoms with Crippen LogP contribution in [-0.2, 0) is 0 Å². The maximum absolute atomic E-state index is 9.45. The number of hydrogen-bond acceptors (Lipinski definition) is 3. The molecule has 0 aromatic carbocycles. The van der Waals surface area contributed by atoms with Crippen molar-refractivity contribution in [3.05, 3.63) is 0 Å². The van der Waals surface area contributed by atoms with Crippen molar-refractivity contribution in [3.8, 4) is 0 Å². The number of unbranched alkanes of at least 4 members (excludes halogenated alkanes) is 3. The molecule has 0 unspecified atom stereocenters. The van der Waals surface area contributed by atoms with Crippen LogP contribution in [0.4, 0.5) is 0 Å². The summed E-state index contributed by atoms with van der Waals surface area (Å²) >= 11 is 0. The van der Waals surface area contributed by atoms with Crippen molar-refractivity contribution in [2.24, 2.45) is 0 Å². The third-order valence-electron chi connectivity index (χ3n) is 2.81. The van der Waals surface area contributed by atoms with E-state index in [4.69, 9.17) is 0 Å². The monoisotopic (exact) mass is 201 g/mol. The molecule has 0 aromatic rings. The van der Waals surface area contributed by atoms with Crippen LogP contribution in [0.1, 0.15) is 39.0 Å². The van der Waals surface area contributed by atoms with Crippen LogP contribution in [0.3, 0.4) is 0 Å². The summed E-state index contributed by atoms with van der Waals surface area (Å²) in [5.74, 6) is 0. The largest absolute Gasteiger partial charge is 0.392 e. The van der Waals surface area contributed by atoms with Gasteiger partial charge in [-0.3, -0.25) is 4.90 Å². The van der Waals surface area contributed by atoms with Crippen LogP contribution in [0.15, 0.2) is 0 Å². The quantitative estimate of drug-likeness (QED) is 0.652. The van der Waals surface area contributed by atoms with Crippen molar-refractivity contribution in [1.82, 2.24) is 4.90 Å². The molecule has 1 fully saturated rings. The second-order valence-corrected chi connectivity index (χ2v) is 4.36. The molecule has 1 rings (SSSR count). The summed E-state index contributed by atoms with van der Waals surface area (Å²) in [6, 6.07) is 0. The second kappa shape index (κ2) is 6.38. The number of aliphatic hydroxyl groups is 2. The Morgan fingerprint density at radius 1 is 1.07 bits per heavy atom. The topological polar surface area (TPSA) is 43.7 Å². The highest BCUT2D eigenvalue weighted by Crippen LogP contribution is 2.11. The van der Waals surface area contributed by atoms with Gasteiger partial charge < -0.3 is 10.2 Å². The van der Waals surface area contributed by atoms with E-state index in [9.17, 15) is 10.2 Å². The lowest BCUT2D eigenvalue weighted by molar-refractivity contribution is -0.00838. The average Bonchev–Trinajstić information content (AvgIpc) is 2.11. The van der Waals surface area contributed by atoms with Crippen molar-refractivity contribution < 1.29 is 10.2 Å². The Balaban J connectivity index is 2.10. The van der Waals surface area contributed by atoms with Gasteiger partial charge in [0.2, 0.25) is 0 Å². The standard InChI is InChI=1S/C11H23NO2/c1-2-3-4-5-6-12-8-10(13)7-11(14)9-12/h10-11,13-14H,2-9H2,1H3/t10-,11-/m0/s1. The van der Waals surface area contributed by atoms with E-state index >= 15 is 0 Å². The lowest BCUT2D eigenvalue weighted by Crippen LogP contribution is -2.45. The fourth-order valence-corrected chi connectivity index (χ4v) is 2.08. The van der Waals surface area contributed by atoms with Gasteiger partial charge in [-0.1, -0.05) is 26.2 Å². The minimum Gasteiger partial charge on any atom is -0.392 e. The summed E-state index contributed by atoms with van der Waals surface area (Å²) in [4.78, 5) is 2.18. The Hall–Kier alpha value is -0.120. The molecule has 0 aromatic heterocycles. The van der Waals surface area contributed by atoms with Gasteiger partial charge in [0.05, 0.1) is 12.2 Å². The third-order valence-corrected chi connectivity index (χ3v) is 2.81. The van der Waals surface area contributed by atoms with E-state index in [1.165, 1.54) is 25.7 Å². The smallest absolute Gasteiger partial charge is 0.0692 e. The van der Waals surface area contributed by atoms with Crippen LogP contribution in [0.25, 0.3) is 0 Å². The van der Waals surface area contributed by atoms with E-state index in [-0.39, 0.29) is 12.2 Å². The van der Waals surface area contributed by atoms with E-state index in [1.807, 2.05) is 0 Å². The maximum atomic E-state index is 9.45. The summed E-state index contributed by atoms with van der Waals surface area (Å²) < 4.78 is 0. The number of piperidine rings is 1. The Morgan fingerprint density at radius 3 is 2.29 bits per heavy atom. The summed E-state index contributed by atoms with van der Waals surface area (Å²) in [6.45, 7) is 4.70. The predicted octanol–water partition coefficient (Wildman–Crippen LogP) is 0.994. The van der Waals surface area contributed by atoms with E-state index in [2.05, 4.69) is 11.8 Å². The van der Waals surface area contributed by atoms with Gasteiger partial charge in [-0.2, -0.15) is 0 Å². The van der Waals surface area contributed by atoms with Gasteiger partial charge in [-0.25, -0.2) is 0 Å². The molecule has 2 atom stereocenters. The van der Waals surface area contributed by atoms with Crippen LogP contribution in [-0.4, -0.2) is 47.0 Å². The van der Waals surface area contributed by atoms with Gasteiger partial charge in [-0.15, -0.1) is 0 Å². The van der Waals surface area contributed by atoms with Gasteiger partial charge in [0.15, 0.2) is 0 Å². The Kier molecular flexibility index (Phi) is 5.45. The van der Waals surface area contributed by atoms with Gasteiger partial charge in [0.25, 0.3) is 0 Å². The average molecular weight is 201 g/mol.